The number of para-hydroxylation sites is 2. The van der Waals surface area contributed by atoms with Gasteiger partial charge in [-0.15, -0.1) is 0 Å². The first-order valence-corrected chi connectivity index (χ1v) is 25.7. The first-order valence-electron chi connectivity index (χ1n) is 24.3. The van der Waals surface area contributed by atoms with Crippen LogP contribution < -0.4 is 31.7 Å². The van der Waals surface area contributed by atoms with Gasteiger partial charge in [-0.1, -0.05) is 129 Å². The summed E-state index contributed by atoms with van der Waals surface area (Å²) >= 11 is 0. The second-order valence-electron chi connectivity index (χ2n) is 18.8. The summed E-state index contributed by atoms with van der Waals surface area (Å²) in [6, 6.07) is 60.5. The minimum Gasteiger partial charge on any atom is -0.399 e. The maximum Gasteiger partial charge on any atom is 0.534 e. The van der Waals surface area contributed by atoms with Crippen LogP contribution in [-0.4, -0.2) is 52.2 Å². The third kappa shape index (κ3) is 13.0. The van der Waals surface area contributed by atoms with Gasteiger partial charge in [0.1, 0.15) is 5.52 Å². The van der Waals surface area contributed by atoms with Gasteiger partial charge in [0.05, 0.1) is 16.7 Å². The average Bonchev–Trinajstić information content (AvgIpc) is 3.79. The summed E-state index contributed by atoms with van der Waals surface area (Å²) in [6.45, 7) is 8.16. The Morgan fingerprint density at radius 1 is 0.526 bits per heavy atom. The maximum atomic E-state index is 13.0. The highest BCUT2D eigenvalue weighted by Crippen LogP contribution is 2.39. The molecule has 0 bridgehead atoms. The van der Waals surface area contributed by atoms with Crippen LogP contribution in [0, 0.1) is 0 Å². The minimum absolute atomic E-state index is 0. The monoisotopic (exact) mass is 1070 g/mol. The fourth-order valence-corrected chi connectivity index (χ4v) is 8.57. The molecule has 0 atom stereocenters. The number of benzene rings is 8. The first kappa shape index (κ1) is 55.4. The molecule has 13 nitrogen and oxygen atoms in total. The Kier molecular flexibility index (Phi) is 16.5. The van der Waals surface area contributed by atoms with E-state index in [0.717, 1.165) is 55.7 Å². The van der Waals surface area contributed by atoms with Crippen molar-refractivity contribution in [2.24, 2.45) is 0 Å². The Morgan fingerprint density at radius 3 is 1.45 bits per heavy atom. The van der Waals surface area contributed by atoms with Gasteiger partial charge < -0.3 is 35.6 Å². The molecular formula is C60H56BF3N8O5S. The lowest BCUT2D eigenvalue weighted by Crippen LogP contribution is -2.41. The normalized spacial score (nSPS) is 13.5. The van der Waals surface area contributed by atoms with Gasteiger partial charge in [-0.25, -0.2) is 19.9 Å². The second-order valence-corrected chi connectivity index (χ2v) is 20.4. The molecule has 8 aromatic carbocycles. The van der Waals surface area contributed by atoms with Gasteiger partial charge >= 0.3 is 22.7 Å². The molecule has 0 amide bonds. The number of nitrogens with one attached hydrogen (secondary N) is 2. The number of rotatable bonds is 10. The van der Waals surface area contributed by atoms with Gasteiger partial charge in [0.25, 0.3) is 0 Å². The Balaban J connectivity index is 0.000000161. The van der Waals surface area contributed by atoms with Gasteiger partial charge in [0.2, 0.25) is 11.9 Å². The van der Waals surface area contributed by atoms with E-state index in [1.165, 1.54) is 12.3 Å². The number of nitrogens with two attached hydrogens (primary N) is 2. The van der Waals surface area contributed by atoms with E-state index >= 15 is 0 Å². The van der Waals surface area contributed by atoms with Crippen LogP contribution in [0.3, 0.4) is 0 Å². The number of aromatic nitrogens is 4. The number of nitrogen functional groups attached to an aromatic ring is 2. The second kappa shape index (κ2) is 23.2. The summed E-state index contributed by atoms with van der Waals surface area (Å²) in [5.74, 6) is 0.0823. The molecule has 18 heteroatoms. The zero-order valence-corrected chi connectivity index (χ0v) is 43.1. The van der Waals surface area contributed by atoms with Crippen LogP contribution in [0.4, 0.5) is 47.8 Å². The van der Waals surface area contributed by atoms with E-state index in [4.69, 9.17) is 25.8 Å². The number of fused-ring (bicyclic) bond motifs is 2. The standard InChI is InChI=1S/C26H20N4.C21H14F3N3O3S.C12H18BNO2.CH4/c27-22-11-7-10-19(15-22)24-16-20(18-8-3-1-4-9-18)14-21-17-28-26(30-25(21)24)29-23-12-5-2-6-13-23;22-21(23,24)31(28,29)30-18-12-15(14-7-3-1-4-8-14)11-16-13-25-20(27-19(16)18)26-17-9-5-2-6-10-17;1-11(2)12(3,4)16-13(15-11)9-6-5-7-10(14)8-9;/h1-17H,27H2,(H,28,29,30);1-13H,(H,25,26,27);5-8H,14H2,1-4H3;1H4. The van der Waals surface area contributed by atoms with Gasteiger partial charge in [-0.05, 0) is 134 Å². The van der Waals surface area contributed by atoms with Gasteiger partial charge in [-0.3, -0.25) is 0 Å². The average molecular weight is 1070 g/mol. The number of halogens is 3. The van der Waals surface area contributed by atoms with Crippen molar-refractivity contribution in [2.45, 2.75) is 51.8 Å². The van der Waals surface area contributed by atoms with Gasteiger partial charge in [0.15, 0.2) is 5.75 Å². The van der Waals surface area contributed by atoms with E-state index in [1.807, 2.05) is 131 Å². The lowest BCUT2D eigenvalue weighted by atomic mass is 9.79. The highest BCUT2D eigenvalue weighted by molar-refractivity contribution is 7.88. The highest BCUT2D eigenvalue weighted by Gasteiger charge is 2.52. The molecule has 11 rings (SSSR count). The lowest BCUT2D eigenvalue weighted by Gasteiger charge is -2.32. The summed E-state index contributed by atoms with van der Waals surface area (Å²) in [4.78, 5) is 17.8. The molecule has 10 aromatic rings. The van der Waals surface area contributed by atoms with E-state index in [-0.39, 0.29) is 37.2 Å². The van der Waals surface area contributed by atoms with E-state index in [0.29, 0.717) is 28.1 Å². The molecule has 0 unspecified atom stereocenters. The molecule has 78 heavy (non-hydrogen) atoms. The van der Waals surface area contributed by atoms with Crippen molar-refractivity contribution >= 4 is 79.2 Å². The predicted molar refractivity (Wildman–Crippen MR) is 308 cm³/mol. The third-order valence-electron chi connectivity index (χ3n) is 12.7. The number of anilines is 6. The lowest BCUT2D eigenvalue weighted by molar-refractivity contribution is -0.0499. The maximum absolute atomic E-state index is 13.0. The number of nitrogens with zero attached hydrogens (tertiary/aromatic N) is 4. The van der Waals surface area contributed by atoms with Crippen LogP contribution in [0.2, 0.25) is 0 Å². The van der Waals surface area contributed by atoms with Crippen LogP contribution >= 0.6 is 0 Å². The molecule has 3 heterocycles. The van der Waals surface area contributed by atoms with Crippen molar-refractivity contribution < 1.29 is 35.1 Å². The molecule has 1 saturated heterocycles. The molecule has 1 aliphatic heterocycles. The zero-order chi connectivity index (χ0) is 54.4. The van der Waals surface area contributed by atoms with Crippen molar-refractivity contribution in [1.29, 1.82) is 0 Å². The van der Waals surface area contributed by atoms with E-state index in [9.17, 15) is 21.6 Å². The summed E-state index contributed by atoms with van der Waals surface area (Å²) in [5.41, 5.74) is 15.9. The van der Waals surface area contributed by atoms with Gasteiger partial charge in [0, 0.05) is 51.5 Å². The molecule has 0 saturated carbocycles. The van der Waals surface area contributed by atoms with Crippen molar-refractivity contribution in [3.63, 3.8) is 0 Å². The SMILES string of the molecule is C.CC1(C)OB(c2cccc(N)c2)OC1(C)C.Nc1cccc(-c2cc(-c3ccccc3)cc3cnc(Nc4ccccc4)nc23)c1.O=S(=O)(Oc1cc(-c2ccccc2)cc2cnc(Nc3ccccc3)nc12)C(F)(F)F. The third-order valence-corrected chi connectivity index (χ3v) is 13.7. The van der Waals surface area contributed by atoms with Crippen LogP contribution in [0.5, 0.6) is 5.75 Å². The van der Waals surface area contributed by atoms with E-state index < -0.39 is 21.4 Å². The summed E-state index contributed by atoms with van der Waals surface area (Å²) in [5, 5.41) is 7.49. The smallest absolute Gasteiger partial charge is 0.399 e. The molecular weight excluding hydrogens is 1010 g/mol. The molecule has 6 N–H and O–H groups in total. The highest BCUT2D eigenvalue weighted by atomic mass is 32.2. The molecule has 396 valence electrons. The molecule has 1 aliphatic rings. The Morgan fingerprint density at radius 2 is 0.962 bits per heavy atom. The number of alkyl halides is 3. The van der Waals surface area contributed by atoms with E-state index in [2.05, 4.69) is 60.1 Å². The molecule has 1 fully saturated rings. The van der Waals surface area contributed by atoms with Crippen LogP contribution in [0.1, 0.15) is 35.1 Å². The molecule has 2 aromatic heterocycles. The van der Waals surface area contributed by atoms with E-state index in [1.54, 1.807) is 60.7 Å². The van der Waals surface area contributed by atoms with Crippen molar-refractivity contribution in [3.8, 4) is 39.1 Å². The largest absolute Gasteiger partial charge is 0.534 e. The van der Waals surface area contributed by atoms with Crippen molar-refractivity contribution in [1.82, 2.24) is 19.9 Å². The van der Waals surface area contributed by atoms with Crippen LogP contribution in [0.15, 0.2) is 207 Å². The predicted octanol–water partition coefficient (Wildman–Crippen LogP) is 13.8. The number of hydrogen-bond donors (Lipinski definition) is 4. The van der Waals surface area contributed by atoms with Crippen LogP contribution in [0.25, 0.3) is 55.2 Å². The topological polar surface area (TPSA) is 189 Å². The summed E-state index contributed by atoms with van der Waals surface area (Å²) < 4.78 is 78.6. The molecule has 0 radical (unpaired) electrons. The Labute approximate surface area is 451 Å². The van der Waals surface area contributed by atoms with Gasteiger partial charge in [-0.2, -0.15) is 21.6 Å². The molecule has 0 spiro atoms. The fourth-order valence-electron chi connectivity index (χ4n) is 8.11. The molecule has 0 aliphatic carbocycles. The zero-order valence-electron chi connectivity index (χ0n) is 42.2. The Bertz CT molecular complexity index is 3780. The minimum atomic E-state index is -5.89. The first-order chi connectivity index (χ1) is 36.8. The van der Waals surface area contributed by atoms with Crippen LogP contribution in [-0.2, 0) is 19.4 Å². The van der Waals surface area contributed by atoms with Crippen molar-refractivity contribution in [2.75, 3.05) is 22.1 Å². The fraction of sp³-hybridized carbons (Fsp3) is 0.133. The summed E-state index contributed by atoms with van der Waals surface area (Å²) in [6.07, 6.45) is 3.25. The van der Waals surface area contributed by atoms with Crippen molar-refractivity contribution in [3.05, 3.63) is 207 Å². The summed E-state index contributed by atoms with van der Waals surface area (Å²) in [7, 11) is -6.22. The number of hydrogen-bond acceptors (Lipinski definition) is 13. The quantitative estimate of drug-likeness (QED) is 0.0438. The Hall–Kier alpha value is -8.84.